The molecule has 1 heterocycles. The van der Waals surface area contributed by atoms with Crippen molar-refractivity contribution in [3.05, 3.63) is 35.9 Å². The Labute approximate surface area is 96.6 Å². The van der Waals surface area contributed by atoms with Gasteiger partial charge in [0.1, 0.15) is 6.10 Å². The van der Waals surface area contributed by atoms with E-state index in [0.717, 1.165) is 19.3 Å². The predicted octanol–water partition coefficient (Wildman–Crippen LogP) is 3.28. The quantitative estimate of drug-likeness (QED) is 0.725. The molecule has 0 radical (unpaired) electrons. The molecule has 2 atom stereocenters. The Morgan fingerprint density at radius 3 is 2.75 bits per heavy atom. The van der Waals surface area contributed by atoms with Crippen LogP contribution in [0.4, 0.5) is 0 Å². The number of rotatable bonds is 4. The van der Waals surface area contributed by atoms with E-state index in [0.29, 0.717) is 6.42 Å². The number of esters is 1. The molecular weight excluding hydrogens is 200 g/mol. The minimum Gasteiger partial charge on any atom is -0.462 e. The summed E-state index contributed by atoms with van der Waals surface area (Å²) in [6, 6.07) is 10.2. The van der Waals surface area contributed by atoms with Gasteiger partial charge in [-0.05, 0) is 12.0 Å². The third kappa shape index (κ3) is 2.43. The van der Waals surface area contributed by atoms with Crippen molar-refractivity contribution in [2.45, 2.75) is 44.6 Å². The highest BCUT2D eigenvalue weighted by Crippen LogP contribution is 2.34. The number of unbranched alkanes of at least 4 members (excludes halogenated alkanes) is 1. The second-order valence-corrected chi connectivity index (χ2v) is 4.39. The van der Waals surface area contributed by atoms with Crippen LogP contribution in [0.3, 0.4) is 0 Å². The first-order valence-electron chi connectivity index (χ1n) is 6.05. The SMILES string of the molecule is CCCCC1OC(=O)CC1c1ccccc1. The minimum absolute atomic E-state index is 0.0463. The first-order chi connectivity index (χ1) is 7.81. The van der Waals surface area contributed by atoms with E-state index in [-0.39, 0.29) is 18.0 Å². The fourth-order valence-corrected chi connectivity index (χ4v) is 2.31. The molecule has 2 nitrogen and oxygen atoms in total. The van der Waals surface area contributed by atoms with Crippen molar-refractivity contribution in [2.24, 2.45) is 0 Å². The van der Waals surface area contributed by atoms with Crippen molar-refractivity contribution in [2.75, 3.05) is 0 Å². The molecule has 1 aromatic rings. The molecule has 0 N–H and O–H groups in total. The lowest BCUT2D eigenvalue weighted by molar-refractivity contribution is -0.141. The van der Waals surface area contributed by atoms with Gasteiger partial charge in [0.25, 0.3) is 0 Å². The van der Waals surface area contributed by atoms with E-state index in [1.165, 1.54) is 5.56 Å². The number of carbonyl (C=O) groups excluding carboxylic acids is 1. The van der Waals surface area contributed by atoms with Gasteiger partial charge < -0.3 is 4.74 Å². The summed E-state index contributed by atoms with van der Waals surface area (Å²) in [7, 11) is 0. The normalized spacial score (nSPS) is 24.4. The molecule has 16 heavy (non-hydrogen) atoms. The molecule has 0 amide bonds. The minimum atomic E-state index is -0.0463. The Hall–Kier alpha value is -1.31. The van der Waals surface area contributed by atoms with E-state index in [1.807, 2.05) is 18.2 Å². The number of hydrogen-bond acceptors (Lipinski definition) is 2. The molecule has 0 aromatic heterocycles. The predicted molar refractivity (Wildman–Crippen MR) is 63.2 cm³/mol. The zero-order valence-corrected chi connectivity index (χ0v) is 9.69. The van der Waals surface area contributed by atoms with Crippen LogP contribution in [-0.2, 0) is 9.53 Å². The Morgan fingerprint density at radius 2 is 2.06 bits per heavy atom. The van der Waals surface area contributed by atoms with Gasteiger partial charge in [-0.15, -0.1) is 0 Å². The van der Waals surface area contributed by atoms with E-state index >= 15 is 0 Å². The number of hydrogen-bond donors (Lipinski definition) is 0. The molecular formula is C14H18O2. The number of benzene rings is 1. The van der Waals surface area contributed by atoms with Crippen LogP contribution in [0.1, 0.15) is 44.1 Å². The van der Waals surface area contributed by atoms with Crippen LogP contribution in [0, 0.1) is 0 Å². The molecule has 0 bridgehead atoms. The highest BCUT2D eigenvalue weighted by Gasteiger charge is 2.34. The standard InChI is InChI=1S/C14H18O2/c1-2-3-9-13-12(10-14(15)16-13)11-7-5-4-6-8-11/h4-8,12-13H,2-3,9-10H2,1H3. The molecule has 86 valence electrons. The van der Waals surface area contributed by atoms with E-state index in [2.05, 4.69) is 19.1 Å². The highest BCUT2D eigenvalue weighted by atomic mass is 16.5. The molecule has 1 aromatic carbocycles. The molecule has 0 aliphatic carbocycles. The van der Waals surface area contributed by atoms with E-state index in [9.17, 15) is 4.79 Å². The van der Waals surface area contributed by atoms with Gasteiger partial charge in [-0.2, -0.15) is 0 Å². The van der Waals surface area contributed by atoms with Crippen molar-refractivity contribution in [1.82, 2.24) is 0 Å². The third-order valence-corrected chi connectivity index (χ3v) is 3.19. The summed E-state index contributed by atoms with van der Waals surface area (Å²) in [4.78, 5) is 11.4. The lowest BCUT2D eigenvalue weighted by atomic mass is 9.90. The molecule has 2 heteroatoms. The molecule has 1 aliphatic rings. The molecule has 1 fully saturated rings. The van der Waals surface area contributed by atoms with Crippen molar-refractivity contribution >= 4 is 5.97 Å². The van der Waals surface area contributed by atoms with Crippen molar-refractivity contribution in [3.63, 3.8) is 0 Å². The van der Waals surface area contributed by atoms with Crippen LogP contribution < -0.4 is 0 Å². The molecule has 2 unspecified atom stereocenters. The maximum atomic E-state index is 11.4. The van der Waals surface area contributed by atoms with Crippen LogP contribution in [-0.4, -0.2) is 12.1 Å². The van der Waals surface area contributed by atoms with Gasteiger partial charge in [-0.25, -0.2) is 0 Å². The highest BCUT2D eigenvalue weighted by molar-refractivity contribution is 5.73. The van der Waals surface area contributed by atoms with Crippen molar-refractivity contribution < 1.29 is 9.53 Å². The summed E-state index contributed by atoms with van der Waals surface area (Å²) in [5.74, 6) is 0.218. The maximum Gasteiger partial charge on any atom is 0.306 e. The Kier molecular flexibility index (Phi) is 3.60. The molecule has 1 saturated heterocycles. The number of ether oxygens (including phenoxy) is 1. The van der Waals surface area contributed by atoms with Gasteiger partial charge in [-0.3, -0.25) is 4.79 Å². The topological polar surface area (TPSA) is 26.3 Å². The zero-order chi connectivity index (χ0) is 11.4. The Balaban J connectivity index is 2.09. The van der Waals surface area contributed by atoms with Gasteiger partial charge in [0.05, 0.1) is 6.42 Å². The zero-order valence-electron chi connectivity index (χ0n) is 9.69. The second kappa shape index (κ2) is 5.15. The lowest BCUT2D eigenvalue weighted by Crippen LogP contribution is -2.14. The molecule has 2 rings (SSSR count). The smallest absolute Gasteiger partial charge is 0.306 e. The van der Waals surface area contributed by atoms with Crippen molar-refractivity contribution in [1.29, 1.82) is 0 Å². The summed E-state index contributed by atoms with van der Waals surface area (Å²) in [5.41, 5.74) is 1.23. The number of cyclic esters (lactones) is 1. The van der Waals surface area contributed by atoms with E-state index in [4.69, 9.17) is 4.74 Å². The fourth-order valence-electron chi connectivity index (χ4n) is 2.31. The van der Waals surface area contributed by atoms with Gasteiger partial charge in [0.2, 0.25) is 0 Å². The number of carbonyl (C=O) groups is 1. The Morgan fingerprint density at radius 1 is 1.31 bits per heavy atom. The summed E-state index contributed by atoms with van der Waals surface area (Å²) >= 11 is 0. The largest absolute Gasteiger partial charge is 0.462 e. The molecule has 0 saturated carbocycles. The molecule has 1 aliphatic heterocycles. The fraction of sp³-hybridized carbons (Fsp3) is 0.500. The van der Waals surface area contributed by atoms with Crippen LogP contribution in [0.25, 0.3) is 0 Å². The van der Waals surface area contributed by atoms with Gasteiger partial charge in [0.15, 0.2) is 0 Å². The van der Waals surface area contributed by atoms with Crippen LogP contribution in [0.5, 0.6) is 0 Å². The summed E-state index contributed by atoms with van der Waals surface area (Å²) < 4.78 is 5.39. The monoisotopic (exact) mass is 218 g/mol. The average molecular weight is 218 g/mol. The van der Waals surface area contributed by atoms with Gasteiger partial charge >= 0.3 is 5.97 Å². The van der Waals surface area contributed by atoms with E-state index in [1.54, 1.807) is 0 Å². The third-order valence-electron chi connectivity index (χ3n) is 3.19. The maximum absolute atomic E-state index is 11.4. The van der Waals surface area contributed by atoms with E-state index < -0.39 is 0 Å². The van der Waals surface area contributed by atoms with Crippen LogP contribution in [0.15, 0.2) is 30.3 Å². The van der Waals surface area contributed by atoms with Gasteiger partial charge in [0, 0.05) is 5.92 Å². The first-order valence-corrected chi connectivity index (χ1v) is 6.05. The van der Waals surface area contributed by atoms with Crippen LogP contribution in [0.2, 0.25) is 0 Å². The van der Waals surface area contributed by atoms with Gasteiger partial charge in [-0.1, -0.05) is 50.1 Å². The average Bonchev–Trinajstić information content (AvgIpc) is 2.69. The second-order valence-electron chi connectivity index (χ2n) is 4.39. The lowest BCUT2D eigenvalue weighted by Gasteiger charge is -2.17. The molecule has 0 spiro atoms. The summed E-state index contributed by atoms with van der Waals surface area (Å²) in [5, 5.41) is 0. The first kappa shape index (κ1) is 11.2. The van der Waals surface area contributed by atoms with Crippen LogP contribution >= 0.6 is 0 Å². The van der Waals surface area contributed by atoms with Crippen molar-refractivity contribution in [3.8, 4) is 0 Å². The Bertz CT molecular complexity index is 345. The summed E-state index contributed by atoms with van der Waals surface area (Å²) in [6.07, 6.45) is 3.90. The summed E-state index contributed by atoms with van der Waals surface area (Å²) in [6.45, 7) is 2.16.